The van der Waals surface area contributed by atoms with Crippen molar-refractivity contribution in [3.63, 3.8) is 0 Å². The van der Waals surface area contributed by atoms with E-state index in [2.05, 4.69) is 0 Å². The van der Waals surface area contributed by atoms with Crippen molar-refractivity contribution >= 4 is 0 Å². The Bertz CT molecular complexity index is 41.1. The van der Waals surface area contributed by atoms with Gasteiger partial charge in [0.25, 0.3) is 0 Å². The van der Waals surface area contributed by atoms with Crippen molar-refractivity contribution in [3.8, 4) is 0 Å². The molecule has 0 heterocycles. The molecule has 12 N–H and O–H groups in total. The minimum absolute atomic E-state index is 0. The van der Waals surface area contributed by atoms with Gasteiger partial charge < -0.3 is 59.2 Å². The van der Waals surface area contributed by atoms with E-state index >= 15 is 0 Å². The van der Waals surface area contributed by atoms with Gasteiger partial charge >= 0.3 is 19.5 Å². The first-order chi connectivity index (χ1) is 5.74. The maximum absolute atomic E-state index is 4.90. The summed E-state index contributed by atoms with van der Waals surface area (Å²) in [6.45, 7) is 3.58. The molecule has 0 saturated heterocycles. The second-order valence-electron chi connectivity index (χ2n) is 1.73. The molecule has 0 unspecified atom stereocenters. The van der Waals surface area contributed by atoms with Crippen LogP contribution in [0.1, 0.15) is 0 Å². The second kappa shape index (κ2) is 60.2. The van der Waals surface area contributed by atoms with E-state index in [0.29, 0.717) is 39.3 Å². The van der Waals surface area contributed by atoms with Crippen molar-refractivity contribution in [2.45, 2.75) is 0 Å². The van der Waals surface area contributed by atoms with Crippen molar-refractivity contribution in [2.24, 2.45) is 34.4 Å². The Kier molecular flexibility index (Phi) is 144. The van der Waals surface area contributed by atoms with Gasteiger partial charge in [-0.3, -0.25) is 0 Å². The summed E-state index contributed by atoms with van der Waals surface area (Å²) in [5.41, 5.74) is 29.4. The van der Waals surface area contributed by atoms with Crippen LogP contribution in [-0.2, 0) is 19.5 Å². The molecule has 0 aliphatic carbocycles. The largest absolute Gasteiger partial charge is 2.00 e. The average Bonchev–Trinajstić information content (AvgIpc) is 2.18. The standard InChI is InChI=1S/3C2H8N2.2ClH.Ru/c3*3-1-2-4;;;/h3*1-4H2;2*1H;/q;;;;;+2/p-2. The Hall–Kier alpha value is 0.963. The van der Waals surface area contributed by atoms with Crippen LogP contribution in [0, 0.1) is 0 Å². The monoisotopic (exact) mass is 352 g/mol. The summed E-state index contributed by atoms with van der Waals surface area (Å²) < 4.78 is 0. The second-order valence-corrected chi connectivity index (χ2v) is 1.73. The Balaban J connectivity index is -0.0000000184. The minimum Gasteiger partial charge on any atom is -1.00 e. The molecule has 0 aliphatic heterocycles. The summed E-state index contributed by atoms with van der Waals surface area (Å²) in [5, 5.41) is 0. The SMILES string of the molecule is NCCN.NCCN.NCCN.[Cl-].[Cl-].[Ru+2]. The maximum atomic E-state index is 4.90. The molecule has 15 heavy (non-hydrogen) atoms. The van der Waals surface area contributed by atoms with Crippen LogP contribution in [0.15, 0.2) is 0 Å². The van der Waals surface area contributed by atoms with Crippen LogP contribution in [0.5, 0.6) is 0 Å². The Labute approximate surface area is 118 Å². The Morgan fingerprint density at radius 2 is 0.467 bits per heavy atom. The molecule has 0 atom stereocenters. The Morgan fingerprint density at radius 3 is 0.467 bits per heavy atom. The van der Waals surface area contributed by atoms with Crippen LogP contribution < -0.4 is 59.2 Å². The third-order valence-corrected chi connectivity index (χ3v) is 0.500. The van der Waals surface area contributed by atoms with E-state index in [9.17, 15) is 0 Å². The fourth-order valence-corrected chi connectivity index (χ4v) is 0. The van der Waals surface area contributed by atoms with Crippen molar-refractivity contribution in [3.05, 3.63) is 0 Å². The molecule has 0 amide bonds. The predicted octanol–water partition coefficient (Wildman–Crippen LogP) is -9.28. The summed E-state index contributed by atoms with van der Waals surface area (Å²) in [6.07, 6.45) is 0. The summed E-state index contributed by atoms with van der Waals surface area (Å²) in [7, 11) is 0. The van der Waals surface area contributed by atoms with Gasteiger partial charge in [0.15, 0.2) is 0 Å². The number of hydrogen-bond donors (Lipinski definition) is 6. The van der Waals surface area contributed by atoms with E-state index < -0.39 is 0 Å². The number of halogens is 2. The zero-order valence-corrected chi connectivity index (χ0v) is 12.1. The number of nitrogens with two attached hydrogens (primary N) is 6. The predicted molar refractivity (Wildman–Crippen MR) is 54.3 cm³/mol. The van der Waals surface area contributed by atoms with Gasteiger partial charge in [0.1, 0.15) is 0 Å². The molecule has 0 fully saturated rings. The molecule has 0 saturated carbocycles. The molecule has 0 aromatic carbocycles. The topological polar surface area (TPSA) is 156 Å². The Morgan fingerprint density at radius 1 is 0.400 bits per heavy atom. The van der Waals surface area contributed by atoms with Gasteiger partial charge in [-0.15, -0.1) is 0 Å². The first-order valence-electron chi connectivity index (χ1n) is 3.95. The molecule has 0 aromatic heterocycles. The minimum atomic E-state index is 0. The molecular formula is C6H24Cl2N6Ru. The first kappa shape index (κ1) is 36.0. The number of rotatable bonds is 3. The van der Waals surface area contributed by atoms with E-state index in [1.54, 1.807) is 0 Å². The van der Waals surface area contributed by atoms with Crippen molar-refractivity contribution < 1.29 is 44.3 Å². The zero-order valence-electron chi connectivity index (χ0n) is 8.82. The fourth-order valence-electron chi connectivity index (χ4n) is 0. The maximum Gasteiger partial charge on any atom is 2.00 e. The smallest absolute Gasteiger partial charge is 1.00 e. The third-order valence-electron chi connectivity index (χ3n) is 0.500. The third kappa shape index (κ3) is 160. The van der Waals surface area contributed by atoms with E-state index in [1.807, 2.05) is 0 Å². The molecule has 0 aliphatic rings. The van der Waals surface area contributed by atoms with Crippen molar-refractivity contribution in [1.29, 1.82) is 0 Å². The molecule has 0 radical (unpaired) electrons. The summed E-state index contributed by atoms with van der Waals surface area (Å²) in [6, 6.07) is 0. The van der Waals surface area contributed by atoms with Crippen molar-refractivity contribution in [2.75, 3.05) is 39.3 Å². The molecule has 6 nitrogen and oxygen atoms in total. The van der Waals surface area contributed by atoms with Crippen LogP contribution in [0.4, 0.5) is 0 Å². The van der Waals surface area contributed by atoms with Crippen LogP contribution >= 0.6 is 0 Å². The van der Waals surface area contributed by atoms with Crippen LogP contribution in [0.25, 0.3) is 0 Å². The summed E-state index contributed by atoms with van der Waals surface area (Å²) in [4.78, 5) is 0. The quantitative estimate of drug-likeness (QED) is 0.277. The van der Waals surface area contributed by atoms with E-state index in [0.717, 1.165) is 0 Å². The van der Waals surface area contributed by atoms with Gasteiger partial charge in [0.2, 0.25) is 0 Å². The normalized spacial score (nSPS) is 6.00. The first-order valence-corrected chi connectivity index (χ1v) is 3.95. The molecule has 9 heteroatoms. The molecule has 0 bridgehead atoms. The molecule has 100 valence electrons. The molecule has 0 aromatic rings. The van der Waals surface area contributed by atoms with Gasteiger partial charge in [0, 0.05) is 39.3 Å². The molecule has 0 rings (SSSR count). The van der Waals surface area contributed by atoms with E-state index in [-0.39, 0.29) is 44.3 Å². The van der Waals surface area contributed by atoms with Gasteiger partial charge in [-0.25, -0.2) is 0 Å². The van der Waals surface area contributed by atoms with Gasteiger partial charge in [0.05, 0.1) is 0 Å². The fraction of sp³-hybridized carbons (Fsp3) is 1.00. The number of hydrogen-bond acceptors (Lipinski definition) is 6. The van der Waals surface area contributed by atoms with Crippen molar-refractivity contribution in [1.82, 2.24) is 0 Å². The summed E-state index contributed by atoms with van der Waals surface area (Å²) in [5.74, 6) is 0. The average molecular weight is 352 g/mol. The van der Waals surface area contributed by atoms with Gasteiger partial charge in [-0.1, -0.05) is 0 Å². The molecular weight excluding hydrogens is 328 g/mol. The van der Waals surface area contributed by atoms with Gasteiger partial charge in [-0.05, 0) is 0 Å². The summed E-state index contributed by atoms with van der Waals surface area (Å²) >= 11 is 0. The van der Waals surface area contributed by atoms with Crippen LogP contribution in [-0.4, -0.2) is 39.3 Å². The van der Waals surface area contributed by atoms with Crippen LogP contribution in [0.2, 0.25) is 0 Å². The van der Waals surface area contributed by atoms with Crippen LogP contribution in [0.3, 0.4) is 0 Å². The van der Waals surface area contributed by atoms with E-state index in [1.165, 1.54) is 0 Å². The van der Waals surface area contributed by atoms with E-state index in [4.69, 9.17) is 34.4 Å². The molecule has 0 spiro atoms. The zero-order chi connectivity index (χ0) is 10.2. The van der Waals surface area contributed by atoms with Gasteiger partial charge in [-0.2, -0.15) is 0 Å².